The highest BCUT2D eigenvalue weighted by Crippen LogP contribution is 2.41. The fraction of sp³-hybridized carbons (Fsp3) is 0.328. The summed E-state index contributed by atoms with van der Waals surface area (Å²) >= 11 is 0. The monoisotopic (exact) mass is 1030 g/mol. The molecule has 0 spiro atoms. The number of rotatable bonds is 11. The molecule has 0 unspecified atom stereocenters. The molecule has 0 saturated heterocycles. The average Bonchev–Trinajstić information content (AvgIpc) is 4.42. The third-order valence-corrected chi connectivity index (χ3v) is 14.2. The number of fused-ring (bicyclic) bond motifs is 5. The van der Waals surface area contributed by atoms with Crippen molar-refractivity contribution in [2.75, 3.05) is 62.8 Å². The number of aromatic hydroxyl groups is 1. The van der Waals surface area contributed by atoms with E-state index in [0.717, 1.165) is 125 Å². The second-order valence-electron chi connectivity index (χ2n) is 19.5. The molecule has 0 atom stereocenters. The number of urea groups is 3. The topological polar surface area (TPSA) is 198 Å². The third-order valence-electron chi connectivity index (χ3n) is 14.2. The van der Waals surface area contributed by atoms with Gasteiger partial charge in [0.1, 0.15) is 28.7 Å². The lowest BCUT2D eigenvalue weighted by Crippen LogP contribution is -2.40. The van der Waals surface area contributed by atoms with Crippen LogP contribution >= 0.6 is 0 Å². The summed E-state index contributed by atoms with van der Waals surface area (Å²) in [5.74, 6) is 5.56. The number of ether oxygens (including phenoxy) is 6. The highest BCUT2D eigenvalue weighted by atomic mass is 16.5. The smallest absolute Gasteiger partial charge is 0.322 e. The Balaban J connectivity index is 0.000000127. The van der Waals surface area contributed by atoms with Crippen LogP contribution in [0, 0.1) is 0 Å². The number of carbonyl (C=O) groups is 3. The lowest BCUT2D eigenvalue weighted by atomic mass is 10.1. The van der Waals surface area contributed by atoms with Crippen LogP contribution in [0.3, 0.4) is 0 Å². The highest BCUT2D eigenvalue weighted by Gasteiger charge is 2.33. The van der Waals surface area contributed by atoms with E-state index in [4.69, 9.17) is 28.4 Å². The minimum Gasteiger partial charge on any atom is -0.508 e. The molecule has 392 valence electrons. The molecular formula is C58H60N8O10. The number of methoxy groups -OCH3 is 4. The average molecular weight is 1030 g/mol. The van der Waals surface area contributed by atoms with Crippen LogP contribution in [0.15, 0.2) is 103 Å². The van der Waals surface area contributed by atoms with E-state index >= 15 is 0 Å². The van der Waals surface area contributed by atoms with E-state index in [0.29, 0.717) is 72.3 Å². The lowest BCUT2D eigenvalue weighted by molar-refractivity contribution is 0.245. The molecule has 3 aliphatic heterocycles. The molecule has 4 N–H and O–H groups in total. The predicted molar refractivity (Wildman–Crippen MR) is 289 cm³/mol. The van der Waals surface area contributed by atoms with Crippen molar-refractivity contribution >= 4 is 57.0 Å². The van der Waals surface area contributed by atoms with Gasteiger partial charge in [-0.1, -0.05) is 0 Å². The molecule has 5 heterocycles. The molecule has 6 amide bonds. The molecule has 13 rings (SSSR count). The van der Waals surface area contributed by atoms with Gasteiger partial charge in [-0.05, 0) is 153 Å². The van der Waals surface area contributed by atoms with Crippen LogP contribution < -0.4 is 59.1 Å². The molecule has 3 saturated carbocycles. The van der Waals surface area contributed by atoms with E-state index in [1.54, 1.807) is 57.9 Å². The van der Waals surface area contributed by atoms with Crippen molar-refractivity contribution in [1.29, 1.82) is 0 Å². The first kappa shape index (κ1) is 49.5. The first-order chi connectivity index (χ1) is 37.1. The Hall–Kier alpha value is -8.67. The van der Waals surface area contributed by atoms with Crippen molar-refractivity contribution in [3.05, 3.63) is 120 Å². The van der Waals surface area contributed by atoms with Gasteiger partial charge >= 0.3 is 18.1 Å². The van der Waals surface area contributed by atoms with Crippen molar-refractivity contribution < 1.29 is 47.9 Å². The lowest BCUT2D eigenvalue weighted by Gasteiger charge is -2.18. The molecule has 18 heteroatoms. The maximum atomic E-state index is 12.4. The summed E-state index contributed by atoms with van der Waals surface area (Å²) in [4.78, 5) is 51.0. The van der Waals surface area contributed by atoms with Gasteiger partial charge in [-0.2, -0.15) is 0 Å². The van der Waals surface area contributed by atoms with Crippen molar-refractivity contribution in [2.24, 2.45) is 0 Å². The van der Waals surface area contributed by atoms with Gasteiger partial charge in [0, 0.05) is 90.1 Å². The minimum absolute atomic E-state index is 0.00746. The Bertz CT molecular complexity index is 3180. The van der Waals surface area contributed by atoms with Gasteiger partial charge < -0.3 is 49.5 Å². The van der Waals surface area contributed by atoms with E-state index in [1.807, 2.05) is 88.7 Å². The molecule has 6 aliphatic rings. The van der Waals surface area contributed by atoms with Gasteiger partial charge in [0.25, 0.3) is 0 Å². The van der Waals surface area contributed by atoms with Gasteiger partial charge in [-0.15, -0.1) is 0 Å². The summed E-state index contributed by atoms with van der Waals surface area (Å²) in [6.07, 6.45) is 12.4. The quantitative estimate of drug-likeness (QED) is 0.0958. The maximum Gasteiger partial charge on any atom is 0.322 e. The van der Waals surface area contributed by atoms with Gasteiger partial charge in [0.2, 0.25) is 0 Å². The van der Waals surface area contributed by atoms with Gasteiger partial charge in [-0.3, -0.25) is 24.7 Å². The first-order valence-corrected chi connectivity index (χ1v) is 25.7. The summed E-state index contributed by atoms with van der Waals surface area (Å²) in [7, 11) is 6.41. The van der Waals surface area contributed by atoms with Crippen LogP contribution in [-0.4, -0.2) is 99.4 Å². The van der Waals surface area contributed by atoms with E-state index in [2.05, 4.69) is 25.9 Å². The zero-order valence-electron chi connectivity index (χ0n) is 42.9. The van der Waals surface area contributed by atoms with Crippen molar-refractivity contribution in [1.82, 2.24) is 25.9 Å². The number of amides is 6. The summed E-state index contributed by atoms with van der Waals surface area (Å²) in [6, 6.07) is 29.0. The second-order valence-corrected chi connectivity index (χ2v) is 19.5. The molecule has 3 fully saturated rings. The van der Waals surface area contributed by atoms with Crippen LogP contribution in [-0.2, 0) is 19.3 Å². The number of nitrogens with zero attached hydrogens (tertiary/aromatic N) is 5. The van der Waals surface area contributed by atoms with E-state index in [-0.39, 0.29) is 23.8 Å². The Kier molecular flexibility index (Phi) is 13.9. The van der Waals surface area contributed by atoms with Crippen molar-refractivity contribution in [2.45, 2.75) is 75.9 Å². The summed E-state index contributed by atoms with van der Waals surface area (Å²) < 4.78 is 34.0. The molecule has 5 aromatic carbocycles. The van der Waals surface area contributed by atoms with Crippen molar-refractivity contribution in [3.8, 4) is 51.7 Å². The molecule has 3 aliphatic carbocycles. The normalized spacial score (nSPS) is 15.8. The number of phenolic OH excluding ortho intramolecular Hbond substituents is 1. The number of benzene rings is 5. The number of aromatic nitrogens is 2. The zero-order chi connectivity index (χ0) is 52.5. The predicted octanol–water partition coefficient (Wildman–Crippen LogP) is 10.2. The minimum atomic E-state index is -0.00825. The van der Waals surface area contributed by atoms with Crippen molar-refractivity contribution in [3.63, 3.8) is 0 Å². The number of hydrogen-bond acceptors (Lipinski definition) is 12. The first-order valence-electron chi connectivity index (χ1n) is 25.7. The summed E-state index contributed by atoms with van der Waals surface area (Å²) in [5.41, 5.74) is 7.61. The third kappa shape index (κ3) is 10.8. The molecule has 18 nitrogen and oxygen atoms in total. The number of anilines is 3. The molecular weight excluding hydrogens is 969 g/mol. The van der Waals surface area contributed by atoms with Gasteiger partial charge in [0.15, 0.2) is 23.0 Å². The van der Waals surface area contributed by atoms with Crippen LogP contribution in [0.2, 0.25) is 0 Å². The van der Waals surface area contributed by atoms with Crippen LogP contribution in [0.1, 0.15) is 55.2 Å². The number of pyridine rings is 2. The largest absolute Gasteiger partial charge is 0.508 e. The summed E-state index contributed by atoms with van der Waals surface area (Å²) in [5, 5.41) is 20.1. The van der Waals surface area contributed by atoms with Gasteiger partial charge in [-0.25, -0.2) is 14.4 Å². The number of carbonyl (C=O) groups excluding carboxylic acids is 3. The summed E-state index contributed by atoms with van der Waals surface area (Å²) in [6.45, 7) is 2.08. The Morgan fingerprint density at radius 3 is 1.18 bits per heavy atom. The number of hydrogen-bond donors (Lipinski definition) is 4. The second kappa shape index (κ2) is 21.3. The zero-order valence-corrected chi connectivity index (χ0v) is 42.9. The molecule has 7 aromatic rings. The standard InChI is InChI=1S/2C23H23N3O4.C12H14N2O2/c2*1-28-21-12-17-18(13-22(21)29-2)24-9-7-20(17)30-16-5-6-19-14(11-16)8-10-26(19)23(27)25-15-3-4-15;15-10-3-4-11-8(7-10)5-6-14(11)12(16)13-9-1-2-9/h2*5-7,9,11-13,15H,3-4,8,10H2,1-2H3,(H,25,27);3-4,7,9,15H,1-2,5-6H2,(H,13,16). The Labute approximate surface area is 439 Å². The van der Waals surface area contributed by atoms with Crippen LogP contribution in [0.5, 0.6) is 51.7 Å². The van der Waals surface area contributed by atoms with Crippen LogP contribution in [0.25, 0.3) is 21.8 Å². The van der Waals surface area contributed by atoms with Crippen LogP contribution in [0.4, 0.5) is 31.4 Å². The van der Waals surface area contributed by atoms with E-state index in [9.17, 15) is 19.5 Å². The van der Waals surface area contributed by atoms with Gasteiger partial charge in [0.05, 0.1) is 39.5 Å². The fourth-order valence-electron chi connectivity index (χ4n) is 9.67. The highest BCUT2D eigenvalue weighted by molar-refractivity contribution is 5.97. The SMILES string of the molecule is COc1cc2nccc(Oc3ccc4c(c3)CCN4C(=O)NC3CC3)c2cc1OC.COc1cc2nccc(Oc3ccc4c(c3)CCN4C(=O)NC3CC3)c2cc1OC.O=C(NC1CC1)N1CCc2cc(O)ccc21. The molecule has 0 radical (unpaired) electrons. The molecule has 0 bridgehead atoms. The Morgan fingerprint density at radius 2 is 0.816 bits per heavy atom. The molecule has 76 heavy (non-hydrogen) atoms. The van der Waals surface area contributed by atoms with E-state index < -0.39 is 0 Å². The Morgan fingerprint density at radius 1 is 0.461 bits per heavy atom. The van der Waals surface area contributed by atoms with E-state index in [1.165, 1.54) is 0 Å². The maximum absolute atomic E-state index is 12.4. The molecule has 2 aromatic heterocycles. The number of nitrogens with one attached hydrogen (secondary N) is 3. The fourth-order valence-corrected chi connectivity index (χ4v) is 9.67. The number of phenols is 1.